The van der Waals surface area contributed by atoms with Crippen LogP contribution in [0.5, 0.6) is 5.88 Å². The predicted molar refractivity (Wildman–Crippen MR) is 114 cm³/mol. The van der Waals surface area contributed by atoms with Crippen molar-refractivity contribution in [2.45, 2.75) is 43.0 Å². The minimum Gasteiger partial charge on any atom is -0.403 e. The molecule has 0 fully saturated rings. The molecule has 0 amide bonds. The van der Waals surface area contributed by atoms with Crippen molar-refractivity contribution in [2.75, 3.05) is 0 Å². The van der Waals surface area contributed by atoms with Crippen LogP contribution in [0.2, 0.25) is 10.0 Å². The molecule has 0 bridgehead atoms. The zero-order valence-corrected chi connectivity index (χ0v) is 18.3. The van der Waals surface area contributed by atoms with Crippen molar-refractivity contribution < 1.29 is 9.53 Å². The maximum Gasteiger partial charge on any atom is 0.344 e. The van der Waals surface area contributed by atoms with E-state index in [0.29, 0.717) is 21.5 Å². The molecule has 0 spiro atoms. The van der Waals surface area contributed by atoms with Crippen LogP contribution in [0.25, 0.3) is 0 Å². The Labute approximate surface area is 178 Å². The van der Waals surface area contributed by atoms with Crippen molar-refractivity contribution in [3.63, 3.8) is 0 Å². The van der Waals surface area contributed by atoms with Gasteiger partial charge in [-0.1, -0.05) is 41.0 Å². The number of carbonyl (C=O) groups is 1. The number of hydrogen-bond donors (Lipinski definition) is 0. The summed E-state index contributed by atoms with van der Waals surface area (Å²) in [7, 11) is 0. The monoisotopic (exact) mass is 434 g/mol. The van der Waals surface area contributed by atoms with Gasteiger partial charge in [0.05, 0.1) is 21.7 Å². The summed E-state index contributed by atoms with van der Waals surface area (Å²) in [5.41, 5.74) is 0.797. The van der Waals surface area contributed by atoms with Crippen LogP contribution in [0.4, 0.5) is 0 Å². The predicted octanol–water partition coefficient (Wildman–Crippen LogP) is 6.62. The summed E-state index contributed by atoms with van der Waals surface area (Å²) in [6, 6.07) is 14.2. The molecule has 1 heterocycles. The smallest absolute Gasteiger partial charge is 0.344 e. The molecular weight excluding hydrogens is 415 g/mol. The van der Waals surface area contributed by atoms with Gasteiger partial charge in [-0.25, -0.2) is 9.48 Å². The van der Waals surface area contributed by atoms with E-state index in [-0.39, 0.29) is 5.54 Å². The molecule has 146 valence electrons. The molecular formula is C21H20Cl2N2O2S. The Hall–Kier alpha value is -1.95. The molecule has 0 atom stereocenters. The molecule has 3 aromatic rings. The number of aryl methyl sites for hydroxylation is 1. The van der Waals surface area contributed by atoms with E-state index in [0.717, 1.165) is 15.5 Å². The van der Waals surface area contributed by atoms with E-state index in [1.54, 1.807) is 28.9 Å². The Morgan fingerprint density at radius 3 is 2.36 bits per heavy atom. The summed E-state index contributed by atoms with van der Waals surface area (Å²) < 4.78 is 7.56. The van der Waals surface area contributed by atoms with Gasteiger partial charge in [0, 0.05) is 14.9 Å². The lowest BCUT2D eigenvalue weighted by Gasteiger charge is -2.22. The average molecular weight is 435 g/mol. The minimum atomic E-state index is -0.481. The highest BCUT2D eigenvalue weighted by atomic mass is 35.5. The molecule has 0 radical (unpaired) electrons. The Bertz CT molecular complexity index is 1010. The van der Waals surface area contributed by atoms with Gasteiger partial charge >= 0.3 is 5.97 Å². The third kappa shape index (κ3) is 4.72. The van der Waals surface area contributed by atoms with Crippen molar-refractivity contribution in [1.29, 1.82) is 0 Å². The van der Waals surface area contributed by atoms with Crippen LogP contribution in [0.1, 0.15) is 36.8 Å². The van der Waals surface area contributed by atoms with E-state index in [1.165, 1.54) is 11.8 Å². The summed E-state index contributed by atoms with van der Waals surface area (Å²) in [6.45, 7) is 7.92. The van der Waals surface area contributed by atoms with Gasteiger partial charge in [0.25, 0.3) is 0 Å². The molecule has 28 heavy (non-hydrogen) atoms. The summed E-state index contributed by atoms with van der Waals surface area (Å²) in [4.78, 5) is 14.5. The molecule has 1 aromatic heterocycles. The normalized spacial score (nSPS) is 11.5. The van der Waals surface area contributed by atoms with Gasteiger partial charge in [-0.3, -0.25) is 0 Å². The third-order valence-electron chi connectivity index (χ3n) is 3.88. The number of aromatic nitrogens is 2. The first kappa shape index (κ1) is 20.8. The Morgan fingerprint density at radius 2 is 1.75 bits per heavy atom. The number of esters is 1. The Morgan fingerprint density at radius 1 is 1.07 bits per heavy atom. The second-order valence-corrected chi connectivity index (χ2v) is 9.21. The number of hydrogen-bond acceptors (Lipinski definition) is 4. The molecule has 0 saturated carbocycles. The van der Waals surface area contributed by atoms with Crippen LogP contribution >= 0.6 is 35.0 Å². The zero-order chi connectivity index (χ0) is 20.5. The van der Waals surface area contributed by atoms with Crippen molar-refractivity contribution in [3.8, 4) is 5.88 Å². The first-order valence-corrected chi connectivity index (χ1v) is 10.2. The van der Waals surface area contributed by atoms with E-state index in [9.17, 15) is 4.79 Å². The number of nitrogens with zero attached hydrogens (tertiary/aromatic N) is 2. The highest BCUT2D eigenvalue weighted by molar-refractivity contribution is 7.99. The Balaban J connectivity index is 2.01. The fourth-order valence-electron chi connectivity index (χ4n) is 2.54. The van der Waals surface area contributed by atoms with E-state index >= 15 is 0 Å². The number of ether oxygens (including phenoxy) is 1. The fraction of sp³-hybridized carbons (Fsp3) is 0.238. The first-order chi connectivity index (χ1) is 13.1. The van der Waals surface area contributed by atoms with Crippen LogP contribution in [-0.2, 0) is 5.54 Å². The SMILES string of the molecule is Cc1nn(C(C)(C)C)c(OC(=O)c2cccc(Cl)c2)c1Sc1ccc(Cl)cc1. The van der Waals surface area contributed by atoms with Crippen LogP contribution < -0.4 is 4.74 Å². The highest BCUT2D eigenvalue weighted by Crippen LogP contribution is 2.40. The second-order valence-electron chi connectivity index (χ2n) is 7.26. The molecule has 7 heteroatoms. The van der Waals surface area contributed by atoms with Gasteiger partial charge in [0.2, 0.25) is 5.88 Å². The number of carbonyl (C=O) groups excluding carboxylic acids is 1. The molecule has 0 aliphatic heterocycles. The fourth-order valence-corrected chi connectivity index (χ4v) is 3.76. The van der Waals surface area contributed by atoms with Crippen molar-refractivity contribution in [1.82, 2.24) is 9.78 Å². The van der Waals surface area contributed by atoms with Crippen LogP contribution in [-0.4, -0.2) is 15.7 Å². The molecule has 4 nitrogen and oxygen atoms in total. The molecule has 0 aliphatic rings. The largest absolute Gasteiger partial charge is 0.403 e. The van der Waals surface area contributed by atoms with E-state index < -0.39 is 5.97 Å². The molecule has 0 N–H and O–H groups in total. The van der Waals surface area contributed by atoms with E-state index in [4.69, 9.17) is 27.9 Å². The van der Waals surface area contributed by atoms with Crippen LogP contribution in [0, 0.1) is 6.92 Å². The maximum atomic E-state index is 12.8. The lowest BCUT2D eigenvalue weighted by atomic mass is 10.1. The van der Waals surface area contributed by atoms with Crippen LogP contribution in [0.15, 0.2) is 58.3 Å². The van der Waals surface area contributed by atoms with Gasteiger partial charge in [0.15, 0.2) is 0 Å². The first-order valence-electron chi connectivity index (χ1n) is 8.66. The molecule has 0 saturated heterocycles. The minimum absolute atomic E-state index is 0.368. The number of benzene rings is 2. The van der Waals surface area contributed by atoms with Gasteiger partial charge in [-0.2, -0.15) is 5.10 Å². The number of rotatable bonds is 4. The van der Waals surface area contributed by atoms with Gasteiger partial charge in [0.1, 0.15) is 0 Å². The summed E-state index contributed by atoms with van der Waals surface area (Å²) in [6.07, 6.45) is 0. The van der Waals surface area contributed by atoms with Gasteiger partial charge in [-0.15, -0.1) is 0 Å². The molecule has 0 unspecified atom stereocenters. The molecule has 3 rings (SSSR count). The lowest BCUT2D eigenvalue weighted by Crippen LogP contribution is -2.25. The quantitative estimate of drug-likeness (QED) is 0.432. The zero-order valence-electron chi connectivity index (χ0n) is 16.0. The van der Waals surface area contributed by atoms with Gasteiger partial charge < -0.3 is 4.74 Å². The number of halogens is 2. The van der Waals surface area contributed by atoms with Gasteiger partial charge in [-0.05, 0) is 70.2 Å². The Kier molecular flexibility index (Phi) is 6.08. The third-order valence-corrected chi connectivity index (χ3v) is 5.55. The molecule has 0 aliphatic carbocycles. The van der Waals surface area contributed by atoms with Crippen molar-refractivity contribution in [3.05, 3.63) is 69.8 Å². The topological polar surface area (TPSA) is 44.1 Å². The highest BCUT2D eigenvalue weighted by Gasteiger charge is 2.27. The lowest BCUT2D eigenvalue weighted by molar-refractivity contribution is 0.0704. The molecule has 2 aromatic carbocycles. The van der Waals surface area contributed by atoms with Crippen LogP contribution in [0.3, 0.4) is 0 Å². The summed E-state index contributed by atoms with van der Waals surface area (Å²) in [5.74, 6) is -0.0687. The average Bonchev–Trinajstić information content (AvgIpc) is 2.93. The summed E-state index contributed by atoms with van der Waals surface area (Å²) in [5, 5.41) is 5.77. The second kappa shape index (κ2) is 8.19. The summed E-state index contributed by atoms with van der Waals surface area (Å²) >= 11 is 13.5. The van der Waals surface area contributed by atoms with Crippen molar-refractivity contribution >= 4 is 40.9 Å². The van der Waals surface area contributed by atoms with Crippen molar-refractivity contribution in [2.24, 2.45) is 0 Å². The van der Waals surface area contributed by atoms with E-state index in [2.05, 4.69) is 5.10 Å². The standard InChI is InChI=1S/C21H20Cl2N2O2S/c1-13-18(28-17-10-8-15(22)9-11-17)19(25(24-13)21(2,3)4)27-20(26)14-6-5-7-16(23)12-14/h5-12H,1-4H3. The van der Waals surface area contributed by atoms with E-state index in [1.807, 2.05) is 52.0 Å². The maximum absolute atomic E-state index is 12.8.